The summed E-state index contributed by atoms with van der Waals surface area (Å²) in [6, 6.07) is 12.4. The second kappa shape index (κ2) is 8.85. The number of halogens is 2. The number of hydrogen-bond acceptors (Lipinski definition) is 1. The first-order chi connectivity index (χ1) is 11.0. The zero-order valence-corrected chi connectivity index (χ0v) is 14.6. The first-order valence-corrected chi connectivity index (χ1v) is 8.34. The van der Waals surface area contributed by atoms with E-state index in [1.165, 1.54) is 23.3 Å². The Balaban J connectivity index is 1.66. The highest BCUT2D eigenvalue weighted by molar-refractivity contribution is 7.80. The fourth-order valence-electron chi connectivity index (χ4n) is 2.28. The molecule has 122 valence electrons. The summed E-state index contributed by atoms with van der Waals surface area (Å²) in [5.41, 5.74) is 3.53. The first kappa shape index (κ1) is 17.7. The van der Waals surface area contributed by atoms with Gasteiger partial charge in [0.2, 0.25) is 0 Å². The van der Waals surface area contributed by atoms with E-state index in [2.05, 4.69) is 17.6 Å². The molecule has 2 nitrogen and oxygen atoms in total. The Morgan fingerprint density at radius 1 is 1.04 bits per heavy atom. The van der Waals surface area contributed by atoms with Crippen LogP contribution in [0.5, 0.6) is 0 Å². The predicted molar refractivity (Wildman–Crippen MR) is 98.6 cm³/mol. The molecule has 2 aromatic carbocycles. The van der Waals surface area contributed by atoms with Crippen molar-refractivity contribution in [2.45, 2.75) is 19.8 Å². The second-order valence-electron chi connectivity index (χ2n) is 5.38. The second-order valence-corrected chi connectivity index (χ2v) is 6.22. The van der Waals surface area contributed by atoms with Crippen LogP contribution in [0.3, 0.4) is 0 Å². The lowest BCUT2D eigenvalue weighted by Gasteiger charge is -2.11. The van der Waals surface area contributed by atoms with Crippen LogP contribution in [0, 0.1) is 12.7 Å². The lowest BCUT2D eigenvalue weighted by Crippen LogP contribution is -2.37. The van der Waals surface area contributed by atoms with Crippen molar-refractivity contribution < 1.29 is 4.39 Å². The lowest BCUT2D eigenvalue weighted by atomic mass is 10.1. The van der Waals surface area contributed by atoms with Crippen LogP contribution in [0.25, 0.3) is 0 Å². The summed E-state index contributed by atoms with van der Waals surface area (Å²) >= 11 is 11.2. The number of benzene rings is 2. The molecule has 0 saturated heterocycles. The zero-order valence-electron chi connectivity index (χ0n) is 13.0. The van der Waals surface area contributed by atoms with E-state index in [0.717, 1.165) is 36.5 Å². The van der Waals surface area contributed by atoms with Crippen LogP contribution in [-0.4, -0.2) is 18.2 Å². The summed E-state index contributed by atoms with van der Waals surface area (Å²) < 4.78 is 12.8. The van der Waals surface area contributed by atoms with Gasteiger partial charge in [0.15, 0.2) is 5.11 Å². The molecule has 2 rings (SSSR count). The minimum atomic E-state index is -0.212. The Morgan fingerprint density at radius 2 is 1.70 bits per heavy atom. The van der Waals surface area contributed by atoms with E-state index in [-0.39, 0.29) is 5.82 Å². The molecular weight excluding hydrogens is 331 g/mol. The minimum Gasteiger partial charge on any atom is -0.362 e. The smallest absolute Gasteiger partial charge is 0.166 e. The number of rotatable bonds is 6. The fraction of sp³-hybridized carbons (Fsp3) is 0.278. The average Bonchev–Trinajstić information content (AvgIpc) is 2.51. The molecule has 0 bridgehead atoms. The van der Waals surface area contributed by atoms with E-state index in [1.54, 1.807) is 12.1 Å². The standard InChI is InChI=1S/C18H20ClFN2S/c1-13-12-16(19)5-4-15(13)9-11-22-18(23)21-10-8-14-2-6-17(20)7-3-14/h2-7,12H,8-11H2,1H3,(H2,21,22,23). The van der Waals surface area contributed by atoms with E-state index in [4.69, 9.17) is 23.8 Å². The molecule has 0 spiro atoms. The Hall–Kier alpha value is -1.65. The molecule has 0 aliphatic heterocycles. The highest BCUT2D eigenvalue weighted by Crippen LogP contribution is 2.15. The quantitative estimate of drug-likeness (QED) is 0.769. The first-order valence-electron chi connectivity index (χ1n) is 7.56. The van der Waals surface area contributed by atoms with E-state index in [1.807, 2.05) is 18.2 Å². The summed E-state index contributed by atoms with van der Waals surface area (Å²) in [7, 11) is 0. The molecule has 0 heterocycles. The van der Waals surface area contributed by atoms with Gasteiger partial charge in [0.1, 0.15) is 5.82 Å². The summed E-state index contributed by atoms with van der Waals surface area (Å²) in [5, 5.41) is 7.76. The highest BCUT2D eigenvalue weighted by atomic mass is 35.5. The monoisotopic (exact) mass is 350 g/mol. The normalized spacial score (nSPS) is 10.4. The fourth-order valence-corrected chi connectivity index (χ4v) is 2.72. The topological polar surface area (TPSA) is 24.1 Å². The van der Waals surface area contributed by atoms with Gasteiger partial charge in [-0.2, -0.15) is 0 Å². The Labute approximate surface area is 147 Å². The zero-order chi connectivity index (χ0) is 16.7. The summed E-state index contributed by atoms with van der Waals surface area (Å²) in [6.45, 7) is 3.54. The Morgan fingerprint density at radius 3 is 2.35 bits per heavy atom. The van der Waals surface area contributed by atoms with Crippen molar-refractivity contribution >= 4 is 28.9 Å². The maximum Gasteiger partial charge on any atom is 0.166 e. The molecule has 0 saturated carbocycles. The highest BCUT2D eigenvalue weighted by Gasteiger charge is 2.01. The third-order valence-corrected chi connectivity index (χ3v) is 4.12. The molecule has 2 aromatic rings. The van der Waals surface area contributed by atoms with Gasteiger partial charge in [-0.1, -0.05) is 29.8 Å². The third kappa shape index (κ3) is 6.16. The maximum atomic E-state index is 12.8. The summed E-state index contributed by atoms with van der Waals surface area (Å²) in [5.74, 6) is -0.212. The molecule has 0 aliphatic rings. The Kier molecular flexibility index (Phi) is 6.81. The molecule has 0 aromatic heterocycles. The van der Waals surface area contributed by atoms with Crippen LogP contribution in [0.4, 0.5) is 4.39 Å². The van der Waals surface area contributed by atoms with Gasteiger partial charge in [0.05, 0.1) is 0 Å². The van der Waals surface area contributed by atoms with Gasteiger partial charge < -0.3 is 10.6 Å². The molecule has 0 radical (unpaired) electrons. The minimum absolute atomic E-state index is 0.212. The Bertz CT molecular complexity index is 659. The van der Waals surface area contributed by atoms with Crippen molar-refractivity contribution in [3.8, 4) is 0 Å². The molecule has 0 aliphatic carbocycles. The molecule has 2 N–H and O–H groups in total. The number of hydrogen-bond donors (Lipinski definition) is 2. The molecule has 0 atom stereocenters. The molecule has 0 fully saturated rings. The van der Waals surface area contributed by atoms with Gasteiger partial charge in [0.25, 0.3) is 0 Å². The average molecular weight is 351 g/mol. The molecular formula is C18H20ClFN2S. The van der Waals surface area contributed by atoms with E-state index >= 15 is 0 Å². The van der Waals surface area contributed by atoms with Crippen LogP contribution in [-0.2, 0) is 12.8 Å². The lowest BCUT2D eigenvalue weighted by molar-refractivity contribution is 0.627. The van der Waals surface area contributed by atoms with Crippen LogP contribution < -0.4 is 10.6 Å². The van der Waals surface area contributed by atoms with Gasteiger partial charge in [-0.25, -0.2) is 4.39 Å². The SMILES string of the molecule is Cc1cc(Cl)ccc1CCNC(=S)NCCc1ccc(F)cc1. The van der Waals surface area contributed by atoms with Gasteiger partial charge >= 0.3 is 0 Å². The van der Waals surface area contributed by atoms with Crippen molar-refractivity contribution in [1.29, 1.82) is 0 Å². The third-order valence-electron chi connectivity index (χ3n) is 3.60. The molecule has 0 unspecified atom stereocenters. The van der Waals surface area contributed by atoms with Crippen molar-refractivity contribution in [2.24, 2.45) is 0 Å². The van der Waals surface area contributed by atoms with Crippen molar-refractivity contribution in [1.82, 2.24) is 10.6 Å². The van der Waals surface area contributed by atoms with Crippen LogP contribution in [0.15, 0.2) is 42.5 Å². The van der Waals surface area contributed by atoms with E-state index in [0.29, 0.717) is 5.11 Å². The molecule has 0 amide bonds. The van der Waals surface area contributed by atoms with Gasteiger partial charge in [0, 0.05) is 18.1 Å². The van der Waals surface area contributed by atoms with Crippen molar-refractivity contribution in [3.63, 3.8) is 0 Å². The van der Waals surface area contributed by atoms with Gasteiger partial charge in [-0.3, -0.25) is 0 Å². The largest absolute Gasteiger partial charge is 0.362 e. The van der Waals surface area contributed by atoms with Crippen molar-refractivity contribution in [3.05, 3.63) is 70.0 Å². The van der Waals surface area contributed by atoms with Crippen LogP contribution >= 0.6 is 23.8 Å². The maximum absolute atomic E-state index is 12.8. The number of nitrogens with one attached hydrogen (secondary N) is 2. The van der Waals surface area contributed by atoms with Gasteiger partial charge in [-0.15, -0.1) is 0 Å². The predicted octanol–water partition coefficient (Wildman–Crippen LogP) is 4.04. The van der Waals surface area contributed by atoms with Crippen molar-refractivity contribution in [2.75, 3.05) is 13.1 Å². The molecule has 23 heavy (non-hydrogen) atoms. The number of aryl methyl sites for hydroxylation is 1. The summed E-state index contributed by atoms with van der Waals surface area (Å²) in [4.78, 5) is 0. The van der Waals surface area contributed by atoms with Crippen LogP contribution in [0.2, 0.25) is 5.02 Å². The van der Waals surface area contributed by atoms with Crippen LogP contribution in [0.1, 0.15) is 16.7 Å². The summed E-state index contributed by atoms with van der Waals surface area (Å²) in [6.07, 6.45) is 1.70. The van der Waals surface area contributed by atoms with E-state index in [9.17, 15) is 4.39 Å². The molecule has 5 heteroatoms. The van der Waals surface area contributed by atoms with Gasteiger partial charge in [-0.05, 0) is 72.9 Å². The number of thiocarbonyl (C=S) groups is 1. The van der Waals surface area contributed by atoms with E-state index < -0.39 is 0 Å².